The fraction of sp³-hybridized carbons (Fsp3) is 0.720. The molecule has 0 unspecified atom stereocenters. The normalized spacial score (nSPS) is 37.0. The standard InChI is InChI=1S/C25H37N3O2/c1-30-23-4-2-19(3-5-23)17-28-8-6-18(7-9-28)16-26-24(29)27-25-13-20-10-21(14-25)12-22(11-20)15-25/h2-5,18,20-22H,6-17H2,1H3,(H2,26,27,29)/p+1. The molecule has 6 rings (SSSR count). The number of amides is 2. The van der Waals surface area contributed by atoms with Gasteiger partial charge in [0.25, 0.3) is 0 Å². The van der Waals surface area contributed by atoms with Gasteiger partial charge >= 0.3 is 6.03 Å². The molecule has 0 aromatic heterocycles. The third-order valence-corrected chi connectivity index (χ3v) is 8.39. The van der Waals surface area contributed by atoms with Crippen LogP contribution in [0.2, 0.25) is 0 Å². The Morgan fingerprint density at radius 1 is 1.03 bits per heavy atom. The van der Waals surface area contributed by atoms with Crippen molar-refractivity contribution < 1.29 is 14.4 Å². The van der Waals surface area contributed by atoms with Gasteiger partial charge < -0.3 is 20.3 Å². The second-order valence-electron chi connectivity index (χ2n) is 10.8. The minimum atomic E-state index is 0.0879. The molecule has 4 aliphatic carbocycles. The van der Waals surface area contributed by atoms with Crippen molar-refractivity contribution in [2.24, 2.45) is 23.7 Å². The lowest BCUT2D eigenvalue weighted by Crippen LogP contribution is -3.11. The van der Waals surface area contributed by atoms with Gasteiger partial charge in [-0.05, 0) is 86.5 Å². The fourth-order valence-corrected chi connectivity index (χ4v) is 7.28. The summed E-state index contributed by atoms with van der Waals surface area (Å²) in [5.74, 6) is 4.15. The van der Waals surface area contributed by atoms with Crippen LogP contribution in [0.5, 0.6) is 5.75 Å². The quantitative estimate of drug-likeness (QED) is 0.673. The number of piperidine rings is 1. The lowest BCUT2D eigenvalue weighted by Gasteiger charge is -2.56. The zero-order chi connectivity index (χ0) is 20.6. The highest BCUT2D eigenvalue weighted by molar-refractivity contribution is 5.74. The molecule has 0 radical (unpaired) electrons. The maximum atomic E-state index is 12.7. The Morgan fingerprint density at radius 2 is 1.63 bits per heavy atom. The van der Waals surface area contributed by atoms with Crippen molar-refractivity contribution in [1.82, 2.24) is 10.6 Å². The number of carbonyl (C=O) groups excluding carboxylic acids is 1. The molecule has 5 nitrogen and oxygen atoms in total. The molecule has 5 fully saturated rings. The third kappa shape index (κ3) is 4.46. The fourth-order valence-electron chi connectivity index (χ4n) is 7.28. The maximum absolute atomic E-state index is 12.7. The van der Waals surface area contributed by atoms with Crippen LogP contribution in [-0.2, 0) is 6.54 Å². The molecule has 30 heavy (non-hydrogen) atoms. The molecule has 0 spiro atoms. The maximum Gasteiger partial charge on any atom is 0.315 e. The largest absolute Gasteiger partial charge is 0.497 e. The van der Waals surface area contributed by atoms with Crippen molar-refractivity contribution in [3.63, 3.8) is 0 Å². The molecule has 1 aromatic rings. The lowest BCUT2D eigenvalue weighted by atomic mass is 9.53. The summed E-state index contributed by atoms with van der Waals surface area (Å²) in [4.78, 5) is 14.3. The number of rotatable bonds is 6. The molecule has 1 aromatic carbocycles. The van der Waals surface area contributed by atoms with Crippen LogP contribution in [0.4, 0.5) is 4.79 Å². The Hall–Kier alpha value is -1.75. The third-order valence-electron chi connectivity index (χ3n) is 8.39. The van der Waals surface area contributed by atoms with Crippen LogP contribution < -0.4 is 20.3 Å². The number of nitrogens with one attached hydrogen (secondary N) is 3. The first-order valence-corrected chi connectivity index (χ1v) is 12.1. The molecule has 164 valence electrons. The van der Waals surface area contributed by atoms with E-state index in [1.54, 1.807) is 12.0 Å². The SMILES string of the molecule is COc1ccc(C[NH+]2CCC(CNC(=O)NC34CC5CC(CC(C5)C3)C4)CC2)cc1. The van der Waals surface area contributed by atoms with E-state index in [-0.39, 0.29) is 11.6 Å². The van der Waals surface area contributed by atoms with Gasteiger partial charge in [0.05, 0.1) is 20.2 Å². The van der Waals surface area contributed by atoms with Crippen LogP contribution >= 0.6 is 0 Å². The summed E-state index contributed by atoms with van der Waals surface area (Å²) in [5, 5.41) is 6.68. The summed E-state index contributed by atoms with van der Waals surface area (Å²) >= 11 is 0. The van der Waals surface area contributed by atoms with Gasteiger partial charge in [0, 0.05) is 30.5 Å². The molecule has 4 bridgehead atoms. The summed E-state index contributed by atoms with van der Waals surface area (Å²) in [6.45, 7) is 4.29. The van der Waals surface area contributed by atoms with E-state index < -0.39 is 0 Å². The van der Waals surface area contributed by atoms with E-state index in [4.69, 9.17) is 4.74 Å². The first kappa shape index (κ1) is 20.2. The molecule has 3 N–H and O–H groups in total. The minimum absolute atomic E-state index is 0.0879. The number of urea groups is 1. The van der Waals surface area contributed by atoms with Crippen molar-refractivity contribution in [3.05, 3.63) is 29.8 Å². The van der Waals surface area contributed by atoms with E-state index in [0.29, 0.717) is 5.92 Å². The Labute approximate surface area is 180 Å². The zero-order valence-electron chi connectivity index (χ0n) is 18.4. The number of hydrogen-bond donors (Lipinski definition) is 3. The van der Waals surface area contributed by atoms with Gasteiger partial charge in [-0.25, -0.2) is 4.79 Å². The molecule has 2 amide bonds. The van der Waals surface area contributed by atoms with E-state index in [9.17, 15) is 4.79 Å². The summed E-state index contributed by atoms with van der Waals surface area (Å²) < 4.78 is 5.25. The van der Waals surface area contributed by atoms with Gasteiger partial charge in [-0.1, -0.05) is 0 Å². The highest BCUT2D eigenvalue weighted by atomic mass is 16.5. The van der Waals surface area contributed by atoms with Crippen molar-refractivity contribution in [3.8, 4) is 5.75 Å². The second-order valence-corrected chi connectivity index (χ2v) is 10.8. The number of benzene rings is 1. The van der Waals surface area contributed by atoms with E-state index in [0.717, 1.165) is 36.6 Å². The van der Waals surface area contributed by atoms with Crippen LogP contribution in [0, 0.1) is 23.7 Å². The Morgan fingerprint density at radius 3 is 2.20 bits per heavy atom. The van der Waals surface area contributed by atoms with Crippen LogP contribution in [0.15, 0.2) is 24.3 Å². The number of carbonyl (C=O) groups is 1. The zero-order valence-corrected chi connectivity index (χ0v) is 18.4. The van der Waals surface area contributed by atoms with Crippen molar-refractivity contribution >= 4 is 6.03 Å². The van der Waals surface area contributed by atoms with Crippen molar-refractivity contribution in [2.75, 3.05) is 26.7 Å². The molecule has 5 aliphatic rings. The molecule has 4 saturated carbocycles. The second kappa shape index (κ2) is 8.41. The number of ether oxygens (including phenoxy) is 1. The highest BCUT2D eigenvalue weighted by Crippen LogP contribution is 2.55. The Balaban J connectivity index is 1.04. The molecule has 1 heterocycles. The van der Waals surface area contributed by atoms with Gasteiger partial charge in [-0.15, -0.1) is 0 Å². The average Bonchev–Trinajstić information content (AvgIpc) is 2.72. The molecular formula is C25H38N3O2+. The first-order valence-electron chi connectivity index (χ1n) is 12.1. The van der Waals surface area contributed by atoms with Gasteiger partial charge in [-0.3, -0.25) is 0 Å². The monoisotopic (exact) mass is 412 g/mol. The van der Waals surface area contributed by atoms with Crippen LogP contribution in [0.25, 0.3) is 0 Å². The van der Waals surface area contributed by atoms with E-state index in [1.165, 1.54) is 70.0 Å². The smallest absolute Gasteiger partial charge is 0.315 e. The molecule has 5 heteroatoms. The Bertz CT molecular complexity index is 704. The van der Waals surface area contributed by atoms with Gasteiger partial charge in [-0.2, -0.15) is 0 Å². The van der Waals surface area contributed by atoms with E-state index in [2.05, 4.69) is 22.8 Å². The molecular weight excluding hydrogens is 374 g/mol. The number of methoxy groups -OCH3 is 1. The predicted molar refractivity (Wildman–Crippen MR) is 118 cm³/mol. The molecule has 1 saturated heterocycles. The molecule has 1 aliphatic heterocycles. The van der Waals surface area contributed by atoms with Crippen molar-refractivity contribution in [2.45, 2.75) is 63.5 Å². The molecule has 0 atom stereocenters. The van der Waals surface area contributed by atoms with E-state index in [1.807, 2.05) is 12.1 Å². The van der Waals surface area contributed by atoms with Crippen LogP contribution in [0.3, 0.4) is 0 Å². The van der Waals surface area contributed by atoms with Gasteiger partial charge in [0.1, 0.15) is 12.3 Å². The summed E-state index contributed by atoms with van der Waals surface area (Å²) in [7, 11) is 1.71. The number of likely N-dealkylation sites (tertiary alicyclic amines) is 1. The minimum Gasteiger partial charge on any atom is -0.497 e. The van der Waals surface area contributed by atoms with Crippen LogP contribution in [0.1, 0.15) is 56.9 Å². The number of quaternary nitrogens is 1. The summed E-state index contributed by atoms with van der Waals surface area (Å²) in [6, 6.07) is 8.54. The average molecular weight is 413 g/mol. The summed E-state index contributed by atoms with van der Waals surface area (Å²) in [6.07, 6.45) is 10.3. The number of hydrogen-bond acceptors (Lipinski definition) is 2. The van der Waals surface area contributed by atoms with E-state index >= 15 is 0 Å². The Kier molecular flexibility index (Phi) is 5.65. The van der Waals surface area contributed by atoms with Crippen LogP contribution in [-0.4, -0.2) is 38.3 Å². The van der Waals surface area contributed by atoms with Crippen molar-refractivity contribution in [1.29, 1.82) is 0 Å². The lowest BCUT2D eigenvalue weighted by molar-refractivity contribution is -0.919. The van der Waals surface area contributed by atoms with Gasteiger partial charge in [0.15, 0.2) is 0 Å². The predicted octanol–water partition coefficient (Wildman–Crippen LogP) is 2.76. The van der Waals surface area contributed by atoms with Gasteiger partial charge in [0.2, 0.25) is 0 Å². The summed E-state index contributed by atoms with van der Waals surface area (Å²) in [5.41, 5.74) is 1.49. The topological polar surface area (TPSA) is 54.8 Å². The highest BCUT2D eigenvalue weighted by Gasteiger charge is 2.51. The first-order chi connectivity index (χ1) is 14.6.